The number of aromatic amines is 1. The average Bonchev–Trinajstić information content (AvgIpc) is 2.94. The summed E-state index contributed by atoms with van der Waals surface area (Å²) in [5.74, 6) is 0.541. The van der Waals surface area contributed by atoms with Gasteiger partial charge < -0.3 is 20.4 Å². The minimum absolute atomic E-state index is 0.0509. The number of anilines is 1. The van der Waals surface area contributed by atoms with E-state index >= 15 is 0 Å². The van der Waals surface area contributed by atoms with E-state index in [0.29, 0.717) is 37.4 Å². The lowest BCUT2D eigenvalue weighted by Gasteiger charge is -2.10. The van der Waals surface area contributed by atoms with Crippen molar-refractivity contribution in [1.82, 2.24) is 10.3 Å². The summed E-state index contributed by atoms with van der Waals surface area (Å²) >= 11 is 0. The number of hydrogen-bond donors (Lipinski definition) is 3. The van der Waals surface area contributed by atoms with Gasteiger partial charge in [-0.25, -0.2) is 0 Å². The molecular weight excluding hydrogens is 330 g/mol. The van der Waals surface area contributed by atoms with Crippen LogP contribution in [0.1, 0.15) is 17.5 Å². The Labute approximate surface area is 150 Å². The molecule has 0 atom stereocenters. The maximum absolute atomic E-state index is 12.3. The molecule has 4 rings (SSSR count). The quantitative estimate of drug-likeness (QED) is 0.677. The Morgan fingerprint density at radius 2 is 2.08 bits per heavy atom. The van der Waals surface area contributed by atoms with Gasteiger partial charge in [0.1, 0.15) is 5.75 Å². The van der Waals surface area contributed by atoms with Crippen LogP contribution in [0.5, 0.6) is 5.75 Å². The summed E-state index contributed by atoms with van der Waals surface area (Å²) < 4.78 is 5.54. The SMILES string of the molecule is O=C(Cc1c[nH]c2ccccc12)NCc1ccc2c(c1)NC(=O)CCO2. The van der Waals surface area contributed by atoms with E-state index in [9.17, 15) is 9.59 Å². The zero-order chi connectivity index (χ0) is 17.9. The maximum atomic E-state index is 12.3. The number of carbonyl (C=O) groups excluding carboxylic acids is 2. The molecule has 2 aromatic carbocycles. The predicted molar refractivity (Wildman–Crippen MR) is 99.0 cm³/mol. The summed E-state index contributed by atoms with van der Waals surface area (Å²) in [6.07, 6.45) is 2.53. The highest BCUT2D eigenvalue weighted by Gasteiger charge is 2.14. The van der Waals surface area contributed by atoms with Crippen LogP contribution in [0.15, 0.2) is 48.7 Å². The van der Waals surface area contributed by atoms with Crippen molar-refractivity contribution in [3.05, 3.63) is 59.8 Å². The molecule has 3 aromatic rings. The lowest BCUT2D eigenvalue weighted by molar-refractivity contribution is -0.120. The Kier molecular flexibility index (Phi) is 4.31. The number of fused-ring (bicyclic) bond motifs is 2. The molecule has 0 saturated carbocycles. The zero-order valence-corrected chi connectivity index (χ0v) is 14.2. The first-order chi connectivity index (χ1) is 12.7. The summed E-state index contributed by atoms with van der Waals surface area (Å²) in [5, 5.41) is 6.82. The highest BCUT2D eigenvalue weighted by atomic mass is 16.5. The van der Waals surface area contributed by atoms with Gasteiger partial charge in [-0.05, 0) is 29.3 Å². The Morgan fingerprint density at radius 1 is 1.19 bits per heavy atom. The van der Waals surface area contributed by atoms with E-state index in [1.54, 1.807) is 0 Å². The third-order valence-electron chi connectivity index (χ3n) is 4.42. The molecule has 132 valence electrons. The van der Waals surface area contributed by atoms with Gasteiger partial charge in [-0.15, -0.1) is 0 Å². The second-order valence-electron chi connectivity index (χ2n) is 6.29. The van der Waals surface area contributed by atoms with Crippen LogP contribution in [0, 0.1) is 0 Å². The maximum Gasteiger partial charge on any atom is 0.227 e. The Morgan fingerprint density at radius 3 is 3.00 bits per heavy atom. The van der Waals surface area contributed by atoms with Crippen LogP contribution in [0.2, 0.25) is 0 Å². The van der Waals surface area contributed by atoms with E-state index in [1.165, 1.54) is 0 Å². The van der Waals surface area contributed by atoms with E-state index < -0.39 is 0 Å². The third kappa shape index (κ3) is 3.39. The molecule has 1 aliphatic heterocycles. The summed E-state index contributed by atoms with van der Waals surface area (Å²) in [4.78, 5) is 27.1. The molecule has 1 aromatic heterocycles. The molecular formula is C20H19N3O3. The smallest absolute Gasteiger partial charge is 0.227 e. The molecule has 0 unspecified atom stereocenters. The fourth-order valence-corrected chi connectivity index (χ4v) is 3.09. The van der Waals surface area contributed by atoms with Crippen molar-refractivity contribution >= 4 is 28.4 Å². The predicted octanol–water partition coefficient (Wildman–Crippen LogP) is 2.75. The summed E-state index contributed by atoms with van der Waals surface area (Å²) in [6.45, 7) is 0.768. The Balaban J connectivity index is 1.41. The van der Waals surface area contributed by atoms with Crippen molar-refractivity contribution in [2.24, 2.45) is 0 Å². The summed E-state index contributed by atoms with van der Waals surface area (Å²) in [7, 11) is 0. The second kappa shape index (κ2) is 6.92. The van der Waals surface area contributed by atoms with E-state index in [0.717, 1.165) is 22.0 Å². The molecule has 0 fully saturated rings. The van der Waals surface area contributed by atoms with Gasteiger partial charge in [0.15, 0.2) is 0 Å². The number of aromatic nitrogens is 1. The monoisotopic (exact) mass is 349 g/mol. The Hall–Kier alpha value is -3.28. The van der Waals surface area contributed by atoms with Crippen molar-refractivity contribution in [2.45, 2.75) is 19.4 Å². The number of ether oxygens (including phenoxy) is 1. The topological polar surface area (TPSA) is 83.2 Å². The average molecular weight is 349 g/mol. The highest BCUT2D eigenvalue weighted by molar-refractivity contribution is 5.93. The highest BCUT2D eigenvalue weighted by Crippen LogP contribution is 2.28. The van der Waals surface area contributed by atoms with Crippen LogP contribution < -0.4 is 15.4 Å². The molecule has 2 heterocycles. The zero-order valence-electron chi connectivity index (χ0n) is 14.2. The van der Waals surface area contributed by atoms with Crippen LogP contribution in [0.3, 0.4) is 0 Å². The number of amides is 2. The van der Waals surface area contributed by atoms with Gasteiger partial charge in [-0.2, -0.15) is 0 Å². The molecule has 2 amide bonds. The second-order valence-corrected chi connectivity index (χ2v) is 6.29. The fourth-order valence-electron chi connectivity index (χ4n) is 3.09. The lowest BCUT2D eigenvalue weighted by atomic mass is 10.1. The molecule has 0 aliphatic carbocycles. The largest absolute Gasteiger partial charge is 0.491 e. The fraction of sp³-hybridized carbons (Fsp3) is 0.200. The van der Waals surface area contributed by atoms with Crippen LogP contribution >= 0.6 is 0 Å². The van der Waals surface area contributed by atoms with Gasteiger partial charge in [0.25, 0.3) is 0 Å². The lowest BCUT2D eigenvalue weighted by Crippen LogP contribution is -2.24. The van der Waals surface area contributed by atoms with Crippen molar-refractivity contribution in [2.75, 3.05) is 11.9 Å². The number of carbonyl (C=O) groups is 2. The molecule has 26 heavy (non-hydrogen) atoms. The van der Waals surface area contributed by atoms with Gasteiger partial charge >= 0.3 is 0 Å². The first-order valence-corrected chi connectivity index (χ1v) is 8.56. The summed E-state index contributed by atoms with van der Waals surface area (Å²) in [5.41, 5.74) is 3.55. The van der Waals surface area contributed by atoms with E-state index in [4.69, 9.17) is 4.74 Å². The van der Waals surface area contributed by atoms with Gasteiger partial charge in [0.2, 0.25) is 11.8 Å². The van der Waals surface area contributed by atoms with Gasteiger partial charge in [0.05, 0.1) is 25.1 Å². The van der Waals surface area contributed by atoms with Crippen LogP contribution in [-0.2, 0) is 22.6 Å². The van der Waals surface area contributed by atoms with E-state index in [1.807, 2.05) is 48.7 Å². The number of para-hydroxylation sites is 1. The summed E-state index contributed by atoms with van der Waals surface area (Å²) in [6, 6.07) is 13.5. The number of rotatable bonds is 4. The number of nitrogens with one attached hydrogen (secondary N) is 3. The molecule has 6 nitrogen and oxygen atoms in total. The normalized spacial score (nSPS) is 13.5. The minimum Gasteiger partial charge on any atom is -0.491 e. The molecule has 0 bridgehead atoms. The molecule has 0 radical (unpaired) electrons. The van der Waals surface area contributed by atoms with Gasteiger partial charge in [-0.1, -0.05) is 24.3 Å². The standard InChI is InChI=1S/C20H19N3O3/c24-19-7-8-26-18-6-5-13(9-17(18)23-19)11-22-20(25)10-14-12-21-16-4-2-1-3-15(14)16/h1-6,9,12,21H,7-8,10-11H2,(H,22,25)(H,23,24). The molecule has 3 N–H and O–H groups in total. The van der Waals surface area contributed by atoms with Gasteiger partial charge in [0, 0.05) is 23.6 Å². The minimum atomic E-state index is -0.0655. The molecule has 0 spiro atoms. The number of benzene rings is 2. The van der Waals surface area contributed by atoms with E-state index in [2.05, 4.69) is 15.6 Å². The Bertz CT molecular complexity index is 977. The molecule has 1 aliphatic rings. The van der Waals surface area contributed by atoms with Crippen molar-refractivity contribution < 1.29 is 14.3 Å². The molecule has 0 saturated heterocycles. The van der Waals surface area contributed by atoms with Gasteiger partial charge in [-0.3, -0.25) is 9.59 Å². The van der Waals surface area contributed by atoms with Crippen LogP contribution in [0.25, 0.3) is 10.9 Å². The van der Waals surface area contributed by atoms with Crippen LogP contribution in [-0.4, -0.2) is 23.4 Å². The number of H-pyrrole nitrogens is 1. The van der Waals surface area contributed by atoms with E-state index in [-0.39, 0.29) is 11.8 Å². The van der Waals surface area contributed by atoms with Crippen molar-refractivity contribution in [3.63, 3.8) is 0 Å². The first kappa shape index (κ1) is 16.2. The van der Waals surface area contributed by atoms with Crippen LogP contribution in [0.4, 0.5) is 5.69 Å². The van der Waals surface area contributed by atoms with Crippen molar-refractivity contribution in [3.8, 4) is 5.75 Å². The van der Waals surface area contributed by atoms with Crippen molar-refractivity contribution in [1.29, 1.82) is 0 Å². The molecule has 6 heteroatoms. The first-order valence-electron chi connectivity index (χ1n) is 8.56. The third-order valence-corrected chi connectivity index (χ3v) is 4.42. The number of hydrogen-bond acceptors (Lipinski definition) is 3.